The molecule has 2 N–H and O–H groups in total. The molecular weight excluding hydrogens is 385 g/mol. The summed E-state index contributed by atoms with van der Waals surface area (Å²) in [4.78, 5) is 18.9. The van der Waals surface area contributed by atoms with Gasteiger partial charge in [0.1, 0.15) is 5.82 Å². The quantitative estimate of drug-likeness (QED) is 0.310. The van der Waals surface area contributed by atoms with Gasteiger partial charge in [0.25, 0.3) is 0 Å². The van der Waals surface area contributed by atoms with Crippen LogP contribution < -0.4 is 5.48 Å². The van der Waals surface area contributed by atoms with E-state index >= 15 is 0 Å². The number of aromatic nitrogens is 1. The molecule has 1 amide bonds. The standard InChI is InChI=1S/C23H32FN3O3/c1-17-7-6-9-21(25-17)16-27(2)14-5-4-8-19(23(28)26-29)15-22(30-3)18-10-12-20(24)13-11-18/h6-7,9-13,19,22,29H,4-5,8,14-16H2,1-3H3,(H,26,28)/t19-,22+/m0/s1. The number of nitrogens with zero attached hydrogens (tertiary/aromatic N) is 2. The Morgan fingerprint density at radius 1 is 1.23 bits per heavy atom. The second kappa shape index (κ2) is 12.4. The SMILES string of the molecule is CO[C@H](C[C@H](CCCCN(C)Cc1cccc(C)n1)C(=O)NO)c1ccc(F)cc1. The Labute approximate surface area is 178 Å². The van der Waals surface area contributed by atoms with Crippen LogP contribution in [0.3, 0.4) is 0 Å². The molecule has 164 valence electrons. The van der Waals surface area contributed by atoms with Crippen molar-refractivity contribution in [3.8, 4) is 0 Å². The summed E-state index contributed by atoms with van der Waals surface area (Å²) >= 11 is 0. The number of amides is 1. The summed E-state index contributed by atoms with van der Waals surface area (Å²) in [5.41, 5.74) is 4.62. The summed E-state index contributed by atoms with van der Waals surface area (Å²) in [5.74, 6) is -1.13. The van der Waals surface area contributed by atoms with Gasteiger partial charge in [-0.15, -0.1) is 0 Å². The Hall–Kier alpha value is -2.35. The zero-order valence-electron chi connectivity index (χ0n) is 18.0. The van der Waals surface area contributed by atoms with Gasteiger partial charge >= 0.3 is 0 Å². The minimum atomic E-state index is -0.420. The molecule has 0 spiro atoms. The van der Waals surface area contributed by atoms with Crippen molar-refractivity contribution in [1.29, 1.82) is 0 Å². The Bertz CT molecular complexity index is 786. The fourth-order valence-electron chi connectivity index (χ4n) is 3.57. The van der Waals surface area contributed by atoms with Gasteiger partial charge < -0.3 is 9.64 Å². The molecule has 1 aromatic carbocycles. The monoisotopic (exact) mass is 417 g/mol. The van der Waals surface area contributed by atoms with E-state index in [0.29, 0.717) is 12.8 Å². The molecule has 0 aliphatic heterocycles. The highest BCUT2D eigenvalue weighted by Gasteiger charge is 2.23. The molecule has 0 aliphatic rings. The van der Waals surface area contributed by atoms with E-state index in [4.69, 9.17) is 9.94 Å². The smallest absolute Gasteiger partial charge is 0.246 e. The normalized spacial score (nSPS) is 13.3. The summed E-state index contributed by atoms with van der Waals surface area (Å²) in [5, 5.41) is 9.12. The molecule has 0 saturated heterocycles. The van der Waals surface area contributed by atoms with Gasteiger partial charge in [-0.05, 0) is 69.6 Å². The van der Waals surface area contributed by atoms with Crippen LogP contribution >= 0.6 is 0 Å². The maximum absolute atomic E-state index is 13.2. The van der Waals surface area contributed by atoms with Gasteiger partial charge in [0, 0.05) is 25.3 Å². The predicted molar refractivity (Wildman–Crippen MR) is 113 cm³/mol. The number of rotatable bonds is 12. The third-order valence-electron chi connectivity index (χ3n) is 5.23. The van der Waals surface area contributed by atoms with Gasteiger partial charge in [-0.2, -0.15) is 0 Å². The minimum Gasteiger partial charge on any atom is -0.377 e. The van der Waals surface area contributed by atoms with Gasteiger partial charge in [-0.25, -0.2) is 9.87 Å². The first kappa shape index (κ1) is 23.9. The molecule has 6 nitrogen and oxygen atoms in total. The number of unbranched alkanes of at least 4 members (excludes halogenated alkanes) is 1. The van der Waals surface area contributed by atoms with Gasteiger partial charge in [0.05, 0.1) is 11.8 Å². The highest BCUT2D eigenvalue weighted by atomic mass is 19.1. The molecule has 2 atom stereocenters. The molecule has 1 aromatic heterocycles. The van der Waals surface area contributed by atoms with Crippen molar-refractivity contribution in [2.45, 2.75) is 45.3 Å². The van der Waals surface area contributed by atoms with E-state index in [0.717, 1.165) is 42.9 Å². The number of halogens is 1. The summed E-state index contributed by atoms with van der Waals surface area (Å²) < 4.78 is 18.7. The first-order chi connectivity index (χ1) is 14.4. The summed E-state index contributed by atoms with van der Waals surface area (Å²) in [6, 6.07) is 12.1. The number of carbonyl (C=O) groups excluding carboxylic acids is 1. The van der Waals surface area contributed by atoms with Crippen molar-refractivity contribution >= 4 is 5.91 Å². The number of ether oxygens (including phenoxy) is 1. The summed E-state index contributed by atoms with van der Waals surface area (Å²) in [6.45, 7) is 3.64. The number of pyridine rings is 1. The maximum atomic E-state index is 13.2. The second-order valence-corrected chi connectivity index (χ2v) is 7.69. The molecule has 2 aromatic rings. The topological polar surface area (TPSA) is 74.7 Å². The van der Waals surface area contributed by atoms with Crippen LogP contribution in [0.15, 0.2) is 42.5 Å². The summed E-state index contributed by atoms with van der Waals surface area (Å²) in [6.07, 6.45) is 2.46. The molecule has 0 bridgehead atoms. The zero-order valence-corrected chi connectivity index (χ0v) is 18.0. The molecule has 30 heavy (non-hydrogen) atoms. The maximum Gasteiger partial charge on any atom is 0.246 e. The predicted octanol–water partition coefficient (Wildman–Crippen LogP) is 4.03. The van der Waals surface area contributed by atoms with Gasteiger partial charge in [-0.3, -0.25) is 15.0 Å². The molecule has 0 saturated carbocycles. The van der Waals surface area contributed by atoms with E-state index in [1.807, 2.05) is 25.1 Å². The third kappa shape index (κ3) is 7.82. The lowest BCUT2D eigenvalue weighted by Gasteiger charge is -2.22. The molecule has 1 heterocycles. The van der Waals surface area contributed by atoms with Crippen LogP contribution in [0.2, 0.25) is 0 Å². The van der Waals surface area contributed by atoms with E-state index in [1.165, 1.54) is 12.1 Å². The lowest BCUT2D eigenvalue weighted by molar-refractivity contribution is -0.135. The highest BCUT2D eigenvalue weighted by Crippen LogP contribution is 2.27. The van der Waals surface area contributed by atoms with E-state index in [2.05, 4.69) is 16.9 Å². The Morgan fingerprint density at radius 2 is 1.97 bits per heavy atom. The van der Waals surface area contributed by atoms with Crippen LogP contribution in [0.1, 0.15) is 48.7 Å². The van der Waals surface area contributed by atoms with Crippen LogP contribution in [0.4, 0.5) is 4.39 Å². The van der Waals surface area contributed by atoms with Gasteiger partial charge in [-0.1, -0.05) is 24.6 Å². The second-order valence-electron chi connectivity index (χ2n) is 7.69. The summed E-state index contributed by atoms with van der Waals surface area (Å²) in [7, 11) is 3.62. The average molecular weight is 418 g/mol. The number of hydroxylamine groups is 1. The van der Waals surface area contributed by atoms with Gasteiger partial charge in [0.15, 0.2) is 0 Å². The van der Waals surface area contributed by atoms with E-state index < -0.39 is 11.8 Å². The molecule has 0 fully saturated rings. The third-order valence-corrected chi connectivity index (χ3v) is 5.23. The van der Waals surface area contributed by atoms with Crippen LogP contribution in [0.25, 0.3) is 0 Å². The molecule has 0 radical (unpaired) electrons. The lowest BCUT2D eigenvalue weighted by Crippen LogP contribution is -2.29. The molecule has 2 rings (SSSR count). The number of methoxy groups -OCH3 is 1. The van der Waals surface area contributed by atoms with Crippen molar-refractivity contribution in [2.75, 3.05) is 20.7 Å². The number of nitrogens with one attached hydrogen (secondary N) is 1. The van der Waals surface area contributed by atoms with E-state index in [9.17, 15) is 9.18 Å². The van der Waals surface area contributed by atoms with Crippen molar-refractivity contribution in [2.24, 2.45) is 5.92 Å². The minimum absolute atomic E-state index is 0.316. The van der Waals surface area contributed by atoms with E-state index in [1.54, 1.807) is 24.7 Å². The Balaban J connectivity index is 1.84. The first-order valence-corrected chi connectivity index (χ1v) is 10.3. The Kier molecular flexibility index (Phi) is 9.86. The number of benzene rings is 1. The molecular formula is C23H32FN3O3. The van der Waals surface area contributed by atoms with Crippen molar-refractivity contribution in [3.63, 3.8) is 0 Å². The fourth-order valence-corrected chi connectivity index (χ4v) is 3.57. The zero-order chi connectivity index (χ0) is 21.9. The number of aryl methyl sites for hydroxylation is 1. The number of hydrogen-bond acceptors (Lipinski definition) is 5. The highest BCUT2D eigenvalue weighted by molar-refractivity contribution is 5.77. The lowest BCUT2D eigenvalue weighted by atomic mass is 9.91. The molecule has 0 aliphatic carbocycles. The van der Waals surface area contributed by atoms with Crippen LogP contribution in [0.5, 0.6) is 0 Å². The van der Waals surface area contributed by atoms with Crippen LogP contribution in [-0.4, -0.2) is 41.7 Å². The largest absolute Gasteiger partial charge is 0.377 e. The van der Waals surface area contributed by atoms with Crippen molar-refractivity contribution < 1.29 is 19.1 Å². The first-order valence-electron chi connectivity index (χ1n) is 10.3. The molecule has 0 unspecified atom stereocenters. The number of hydrogen-bond donors (Lipinski definition) is 2. The van der Waals surface area contributed by atoms with Gasteiger partial charge in [0.2, 0.25) is 5.91 Å². The number of carbonyl (C=O) groups is 1. The Morgan fingerprint density at radius 3 is 2.60 bits per heavy atom. The van der Waals surface area contributed by atoms with Crippen LogP contribution in [-0.2, 0) is 16.1 Å². The van der Waals surface area contributed by atoms with Crippen LogP contribution in [0, 0.1) is 18.7 Å². The van der Waals surface area contributed by atoms with Crippen molar-refractivity contribution in [3.05, 3.63) is 65.2 Å². The van der Waals surface area contributed by atoms with E-state index in [-0.39, 0.29) is 11.9 Å². The fraction of sp³-hybridized carbons (Fsp3) is 0.478. The average Bonchev–Trinajstić information content (AvgIpc) is 2.73. The van der Waals surface area contributed by atoms with Crippen molar-refractivity contribution in [1.82, 2.24) is 15.4 Å². The molecule has 7 heteroatoms.